The van der Waals surface area contributed by atoms with Gasteiger partial charge in [0.1, 0.15) is 0 Å². The molecule has 1 heterocycles. The smallest absolute Gasteiger partial charge is 0.0971 e. The zero-order valence-corrected chi connectivity index (χ0v) is 9.40. The minimum atomic E-state index is 0.376. The minimum Gasteiger partial charge on any atom is -0.411 e. The predicted molar refractivity (Wildman–Crippen MR) is 58.6 cm³/mol. The van der Waals surface area contributed by atoms with Gasteiger partial charge in [-0.15, -0.1) is 0 Å². The number of hydrogen-bond acceptors (Lipinski definition) is 2. The molecule has 1 aliphatic rings. The lowest BCUT2D eigenvalue weighted by atomic mass is 9.90. The molecule has 0 spiro atoms. The molecule has 1 N–H and O–H groups in total. The van der Waals surface area contributed by atoms with Crippen LogP contribution in [-0.2, 0) is 0 Å². The molecule has 0 amide bonds. The second kappa shape index (κ2) is 4.13. The number of oxime groups is 1. The Kier molecular flexibility index (Phi) is 3.32. The van der Waals surface area contributed by atoms with E-state index in [1.54, 1.807) is 0 Å². The third kappa shape index (κ3) is 1.98. The summed E-state index contributed by atoms with van der Waals surface area (Å²) < 4.78 is 1.00. The second-order valence-corrected chi connectivity index (χ2v) is 4.68. The number of rotatable bonds is 2. The van der Waals surface area contributed by atoms with Crippen molar-refractivity contribution in [1.29, 1.82) is 0 Å². The molecule has 0 aromatic rings. The highest BCUT2D eigenvalue weighted by Crippen LogP contribution is 2.25. The molecule has 1 rings (SSSR count). The Balaban J connectivity index is 2.80. The molecule has 0 bridgehead atoms. The molecule has 0 aromatic carbocycles. The van der Waals surface area contributed by atoms with Crippen LogP contribution in [0.1, 0.15) is 20.3 Å². The van der Waals surface area contributed by atoms with Crippen LogP contribution >= 0.6 is 0 Å². The summed E-state index contributed by atoms with van der Waals surface area (Å²) in [4.78, 5) is 0. The van der Waals surface area contributed by atoms with Gasteiger partial charge in [0.2, 0.25) is 0 Å². The average Bonchev–Trinajstić information content (AvgIpc) is 2.11. The standard InChI is InChI=1S/C11H20N2O/c1-5-6-13(4)8-9(2)11(12-14)7-10(13)3/h5,9-10H,1,6-8H2,2-4H3/p+1/b12-11+/t9-,10-,13?/m1/s1. The van der Waals surface area contributed by atoms with Crippen LogP contribution in [0.2, 0.25) is 0 Å². The second-order valence-electron chi connectivity index (χ2n) is 4.68. The van der Waals surface area contributed by atoms with Gasteiger partial charge in [0.25, 0.3) is 0 Å². The van der Waals surface area contributed by atoms with Gasteiger partial charge in [-0.2, -0.15) is 0 Å². The van der Waals surface area contributed by atoms with E-state index in [2.05, 4.69) is 32.6 Å². The monoisotopic (exact) mass is 197 g/mol. The van der Waals surface area contributed by atoms with Crippen molar-refractivity contribution in [3.8, 4) is 0 Å². The Morgan fingerprint density at radius 2 is 2.29 bits per heavy atom. The Bertz CT molecular complexity index is 250. The van der Waals surface area contributed by atoms with E-state index in [1.165, 1.54) is 0 Å². The van der Waals surface area contributed by atoms with Gasteiger partial charge < -0.3 is 9.69 Å². The van der Waals surface area contributed by atoms with Gasteiger partial charge >= 0.3 is 0 Å². The molecule has 80 valence electrons. The van der Waals surface area contributed by atoms with E-state index in [9.17, 15) is 0 Å². The van der Waals surface area contributed by atoms with E-state index in [1.807, 2.05) is 6.08 Å². The largest absolute Gasteiger partial charge is 0.411 e. The molecule has 3 nitrogen and oxygen atoms in total. The van der Waals surface area contributed by atoms with Gasteiger partial charge in [0.15, 0.2) is 0 Å². The number of nitrogens with zero attached hydrogens (tertiary/aromatic N) is 2. The van der Waals surface area contributed by atoms with Crippen molar-refractivity contribution >= 4 is 5.71 Å². The summed E-state index contributed by atoms with van der Waals surface area (Å²) in [5, 5.41) is 12.2. The van der Waals surface area contributed by atoms with Crippen LogP contribution in [0.25, 0.3) is 0 Å². The lowest BCUT2D eigenvalue weighted by Gasteiger charge is -2.45. The van der Waals surface area contributed by atoms with Crippen LogP contribution in [0.5, 0.6) is 0 Å². The quantitative estimate of drug-likeness (QED) is 0.312. The molecule has 0 saturated carbocycles. The summed E-state index contributed by atoms with van der Waals surface area (Å²) in [6, 6.07) is 0.509. The Morgan fingerprint density at radius 3 is 2.79 bits per heavy atom. The highest BCUT2D eigenvalue weighted by molar-refractivity contribution is 5.86. The van der Waals surface area contributed by atoms with Gasteiger partial charge in [0, 0.05) is 12.3 Å². The molecule has 1 saturated heterocycles. The summed E-state index contributed by atoms with van der Waals surface area (Å²) in [6.07, 6.45) is 2.87. The molecule has 1 fully saturated rings. The number of likely N-dealkylation sites (tertiary alicyclic amines) is 1. The van der Waals surface area contributed by atoms with E-state index >= 15 is 0 Å². The lowest BCUT2D eigenvalue weighted by molar-refractivity contribution is -0.930. The van der Waals surface area contributed by atoms with E-state index < -0.39 is 0 Å². The summed E-state index contributed by atoms with van der Waals surface area (Å²) in [6.45, 7) is 10.2. The predicted octanol–water partition coefficient (Wildman–Crippen LogP) is 1.88. The first kappa shape index (κ1) is 11.2. The van der Waals surface area contributed by atoms with E-state index in [-0.39, 0.29) is 0 Å². The molecule has 0 aliphatic carbocycles. The van der Waals surface area contributed by atoms with E-state index in [0.717, 1.165) is 29.7 Å². The van der Waals surface area contributed by atoms with Gasteiger partial charge in [-0.05, 0) is 13.0 Å². The Hall–Kier alpha value is -0.830. The fourth-order valence-electron chi connectivity index (χ4n) is 2.32. The Labute approximate surface area is 86.3 Å². The SMILES string of the molecule is C=CC[N+]1(C)C[C@@H](C)/C(=N/O)C[C@H]1C. The average molecular weight is 197 g/mol. The Morgan fingerprint density at radius 1 is 1.64 bits per heavy atom. The van der Waals surface area contributed by atoms with Crippen LogP contribution in [0, 0.1) is 5.92 Å². The van der Waals surface area contributed by atoms with Crippen molar-refractivity contribution in [2.75, 3.05) is 20.1 Å². The van der Waals surface area contributed by atoms with Crippen LogP contribution in [0.3, 0.4) is 0 Å². The summed E-state index contributed by atoms with van der Waals surface area (Å²) in [7, 11) is 2.25. The first-order valence-corrected chi connectivity index (χ1v) is 5.19. The molecular formula is C11H21N2O+. The van der Waals surface area contributed by atoms with Gasteiger partial charge in [0.05, 0.1) is 31.9 Å². The van der Waals surface area contributed by atoms with Gasteiger partial charge in [-0.25, -0.2) is 0 Å². The zero-order valence-electron chi connectivity index (χ0n) is 9.40. The zero-order chi connectivity index (χ0) is 10.8. The summed E-state index contributed by atoms with van der Waals surface area (Å²) in [5.74, 6) is 0.376. The molecule has 3 heteroatoms. The van der Waals surface area contributed by atoms with Crippen LogP contribution in [0.4, 0.5) is 0 Å². The molecule has 0 aromatic heterocycles. The number of likely N-dealkylation sites (N-methyl/N-ethyl adjacent to an activating group) is 1. The topological polar surface area (TPSA) is 32.6 Å². The van der Waals surface area contributed by atoms with Crippen molar-refractivity contribution in [3.63, 3.8) is 0 Å². The molecule has 0 radical (unpaired) electrons. The fourth-order valence-corrected chi connectivity index (χ4v) is 2.32. The maximum Gasteiger partial charge on any atom is 0.0971 e. The molecule has 1 unspecified atom stereocenters. The van der Waals surface area contributed by atoms with E-state index in [4.69, 9.17) is 5.21 Å². The summed E-state index contributed by atoms with van der Waals surface area (Å²) in [5.41, 5.74) is 0.942. The first-order valence-electron chi connectivity index (χ1n) is 5.19. The van der Waals surface area contributed by atoms with Crippen molar-refractivity contribution in [1.82, 2.24) is 0 Å². The van der Waals surface area contributed by atoms with Crippen molar-refractivity contribution < 1.29 is 9.69 Å². The molecule has 3 atom stereocenters. The van der Waals surface area contributed by atoms with Crippen LogP contribution < -0.4 is 0 Å². The molecule has 1 aliphatic heterocycles. The first-order chi connectivity index (χ1) is 6.53. The number of hydrogen-bond donors (Lipinski definition) is 1. The highest BCUT2D eigenvalue weighted by Gasteiger charge is 2.38. The van der Waals surface area contributed by atoms with Crippen molar-refractivity contribution in [3.05, 3.63) is 12.7 Å². The van der Waals surface area contributed by atoms with Crippen LogP contribution in [0.15, 0.2) is 17.8 Å². The normalized spacial score (nSPS) is 41.2. The minimum absolute atomic E-state index is 0.376. The van der Waals surface area contributed by atoms with Crippen molar-refractivity contribution in [2.24, 2.45) is 11.1 Å². The third-order valence-corrected chi connectivity index (χ3v) is 3.50. The number of quaternary nitrogens is 1. The van der Waals surface area contributed by atoms with Gasteiger partial charge in [-0.1, -0.05) is 18.7 Å². The summed E-state index contributed by atoms with van der Waals surface area (Å²) >= 11 is 0. The maximum atomic E-state index is 8.84. The molecule has 14 heavy (non-hydrogen) atoms. The third-order valence-electron chi connectivity index (χ3n) is 3.50. The highest BCUT2D eigenvalue weighted by atomic mass is 16.4. The van der Waals surface area contributed by atoms with E-state index in [0.29, 0.717) is 12.0 Å². The fraction of sp³-hybridized carbons (Fsp3) is 0.727. The lowest BCUT2D eigenvalue weighted by Crippen LogP contribution is -2.58. The van der Waals surface area contributed by atoms with Crippen molar-refractivity contribution in [2.45, 2.75) is 26.3 Å². The maximum absolute atomic E-state index is 8.84. The number of piperidine rings is 1. The van der Waals surface area contributed by atoms with Gasteiger partial charge in [-0.3, -0.25) is 0 Å². The molecular weight excluding hydrogens is 176 g/mol. The van der Waals surface area contributed by atoms with Crippen LogP contribution in [-0.4, -0.2) is 41.6 Å².